The molecule has 0 spiro atoms. The molecule has 5 rings (SSSR count). The Morgan fingerprint density at radius 2 is 1.83 bits per heavy atom. The zero-order valence-corrected chi connectivity index (χ0v) is 18.4. The monoisotopic (exact) mass is 423 g/mol. The standard InChI is InChI=1S/C24H29N3O2S/c1-15-21(25-24(30-15)26-22(28)16-8-5-9-16)19-10-11-20-18(14-19)12-13-27(20)23(29)17-6-3-2-4-7-17/h10-11,14,16-17H,2-9,12-13H2,1H3,(H,25,26,28). The van der Waals surface area contributed by atoms with Crippen LogP contribution in [-0.2, 0) is 16.0 Å². The van der Waals surface area contributed by atoms with Crippen LogP contribution < -0.4 is 10.2 Å². The van der Waals surface area contributed by atoms with Crippen molar-refractivity contribution in [3.63, 3.8) is 0 Å². The van der Waals surface area contributed by atoms with E-state index in [0.717, 1.165) is 66.9 Å². The van der Waals surface area contributed by atoms with E-state index in [9.17, 15) is 9.59 Å². The topological polar surface area (TPSA) is 62.3 Å². The van der Waals surface area contributed by atoms with Crippen molar-refractivity contribution in [2.45, 2.75) is 64.7 Å². The number of thiazole rings is 1. The van der Waals surface area contributed by atoms with Crippen molar-refractivity contribution in [3.05, 3.63) is 28.6 Å². The average Bonchev–Trinajstić information content (AvgIpc) is 3.29. The maximum absolute atomic E-state index is 13.0. The zero-order chi connectivity index (χ0) is 20.7. The van der Waals surface area contributed by atoms with Gasteiger partial charge in [0.15, 0.2) is 5.13 Å². The third-order valence-corrected chi connectivity index (χ3v) is 7.86. The molecule has 2 aromatic rings. The van der Waals surface area contributed by atoms with Crippen LogP contribution in [0.5, 0.6) is 0 Å². The number of hydrogen-bond donors (Lipinski definition) is 1. The van der Waals surface area contributed by atoms with Gasteiger partial charge in [0.05, 0.1) is 5.69 Å². The molecule has 0 saturated heterocycles. The molecule has 158 valence electrons. The number of nitrogens with one attached hydrogen (secondary N) is 1. The summed E-state index contributed by atoms with van der Waals surface area (Å²) in [7, 11) is 0. The molecule has 6 heteroatoms. The van der Waals surface area contributed by atoms with Gasteiger partial charge in [0.25, 0.3) is 0 Å². The number of nitrogens with zero attached hydrogens (tertiary/aromatic N) is 2. The number of carbonyl (C=O) groups excluding carboxylic acids is 2. The molecule has 2 heterocycles. The van der Waals surface area contributed by atoms with Gasteiger partial charge in [-0.3, -0.25) is 9.59 Å². The van der Waals surface area contributed by atoms with Crippen LogP contribution in [0.15, 0.2) is 18.2 Å². The predicted octanol–water partition coefficient (Wildman–Crippen LogP) is 5.33. The van der Waals surface area contributed by atoms with E-state index in [1.54, 1.807) is 0 Å². The quantitative estimate of drug-likeness (QED) is 0.723. The summed E-state index contributed by atoms with van der Waals surface area (Å²) in [6, 6.07) is 6.34. The van der Waals surface area contributed by atoms with E-state index in [0.29, 0.717) is 11.0 Å². The molecule has 2 amide bonds. The smallest absolute Gasteiger partial charge is 0.230 e. The van der Waals surface area contributed by atoms with Crippen molar-refractivity contribution < 1.29 is 9.59 Å². The summed E-state index contributed by atoms with van der Waals surface area (Å²) in [6.45, 7) is 2.84. The number of fused-ring (bicyclic) bond motifs is 1. The van der Waals surface area contributed by atoms with Crippen molar-refractivity contribution in [2.75, 3.05) is 16.8 Å². The second kappa shape index (κ2) is 8.14. The Labute approximate surface area is 181 Å². The van der Waals surface area contributed by atoms with E-state index in [2.05, 4.69) is 30.4 Å². The summed E-state index contributed by atoms with van der Waals surface area (Å²) in [5.74, 6) is 0.775. The van der Waals surface area contributed by atoms with Gasteiger partial charge >= 0.3 is 0 Å². The summed E-state index contributed by atoms with van der Waals surface area (Å²) in [4.78, 5) is 33.1. The number of amides is 2. The van der Waals surface area contributed by atoms with E-state index in [4.69, 9.17) is 4.98 Å². The summed E-state index contributed by atoms with van der Waals surface area (Å²) >= 11 is 1.54. The van der Waals surface area contributed by atoms with Gasteiger partial charge < -0.3 is 10.2 Å². The maximum Gasteiger partial charge on any atom is 0.230 e. The van der Waals surface area contributed by atoms with Crippen molar-refractivity contribution in [1.82, 2.24) is 4.98 Å². The van der Waals surface area contributed by atoms with E-state index in [1.165, 1.54) is 36.2 Å². The maximum atomic E-state index is 13.0. The van der Waals surface area contributed by atoms with Crippen LogP contribution in [0.4, 0.5) is 10.8 Å². The Kier molecular flexibility index (Phi) is 5.35. The highest BCUT2D eigenvalue weighted by Gasteiger charge is 2.31. The SMILES string of the molecule is Cc1sc(NC(=O)C2CCC2)nc1-c1ccc2c(c1)CCN2C(=O)C1CCCCC1. The highest BCUT2D eigenvalue weighted by Crippen LogP contribution is 2.38. The molecule has 5 nitrogen and oxygen atoms in total. The fraction of sp³-hybridized carbons (Fsp3) is 0.542. The molecule has 0 unspecified atom stereocenters. The molecule has 2 saturated carbocycles. The Hall–Kier alpha value is -2.21. The second-order valence-corrected chi connectivity index (χ2v) is 10.2. The minimum Gasteiger partial charge on any atom is -0.312 e. The van der Waals surface area contributed by atoms with Crippen LogP contribution in [0, 0.1) is 18.8 Å². The lowest BCUT2D eigenvalue weighted by Crippen LogP contribution is -2.35. The zero-order valence-electron chi connectivity index (χ0n) is 17.6. The van der Waals surface area contributed by atoms with Crippen LogP contribution >= 0.6 is 11.3 Å². The van der Waals surface area contributed by atoms with Crippen LogP contribution in [0.2, 0.25) is 0 Å². The fourth-order valence-corrected chi connectivity index (χ4v) is 5.78. The Morgan fingerprint density at radius 3 is 2.57 bits per heavy atom. The number of anilines is 2. The first-order valence-electron chi connectivity index (χ1n) is 11.3. The van der Waals surface area contributed by atoms with Gasteiger partial charge in [-0.15, -0.1) is 11.3 Å². The minimum absolute atomic E-state index is 0.104. The van der Waals surface area contributed by atoms with E-state index in [1.807, 2.05) is 4.90 Å². The number of aryl methyl sites for hydroxylation is 1. The Bertz CT molecular complexity index is 973. The van der Waals surface area contributed by atoms with Crippen molar-refractivity contribution in [1.29, 1.82) is 0 Å². The van der Waals surface area contributed by atoms with Crippen molar-refractivity contribution >= 4 is 34.0 Å². The highest BCUT2D eigenvalue weighted by atomic mass is 32.1. The third-order valence-electron chi connectivity index (χ3n) is 6.97. The van der Waals surface area contributed by atoms with Crippen molar-refractivity contribution in [2.24, 2.45) is 11.8 Å². The molecule has 2 fully saturated rings. The van der Waals surface area contributed by atoms with Crippen LogP contribution in [0.25, 0.3) is 11.3 Å². The Balaban J connectivity index is 1.33. The second-order valence-electron chi connectivity index (χ2n) is 8.96. The summed E-state index contributed by atoms with van der Waals surface area (Å²) in [5.41, 5.74) is 4.30. The predicted molar refractivity (Wildman–Crippen MR) is 121 cm³/mol. The molecule has 3 aliphatic rings. The molecule has 1 aliphatic heterocycles. The molecule has 2 aliphatic carbocycles. The number of carbonyl (C=O) groups is 2. The minimum atomic E-state index is 0.104. The first kappa shape index (κ1) is 19.7. The first-order valence-corrected chi connectivity index (χ1v) is 12.1. The molecule has 0 atom stereocenters. The number of rotatable bonds is 4. The summed E-state index contributed by atoms with van der Waals surface area (Å²) in [6.07, 6.45) is 9.73. The van der Waals surface area contributed by atoms with Gasteiger partial charge in [0, 0.05) is 34.5 Å². The fourth-order valence-electron chi connectivity index (χ4n) is 4.94. The number of hydrogen-bond acceptors (Lipinski definition) is 4. The average molecular weight is 424 g/mol. The van der Waals surface area contributed by atoms with Gasteiger partial charge in [0.1, 0.15) is 0 Å². The van der Waals surface area contributed by atoms with E-state index >= 15 is 0 Å². The van der Waals surface area contributed by atoms with Gasteiger partial charge in [-0.1, -0.05) is 31.7 Å². The number of benzene rings is 1. The van der Waals surface area contributed by atoms with Gasteiger partial charge in [0.2, 0.25) is 11.8 Å². The van der Waals surface area contributed by atoms with Gasteiger partial charge in [-0.2, -0.15) is 0 Å². The lowest BCUT2D eigenvalue weighted by Gasteiger charge is -2.26. The van der Waals surface area contributed by atoms with Gasteiger partial charge in [-0.05, 0) is 56.7 Å². The first-order chi connectivity index (χ1) is 14.6. The van der Waals surface area contributed by atoms with E-state index < -0.39 is 0 Å². The van der Waals surface area contributed by atoms with Crippen LogP contribution in [0.1, 0.15) is 61.8 Å². The lowest BCUT2D eigenvalue weighted by molar-refractivity contribution is -0.123. The molecular formula is C24H29N3O2S. The molecular weight excluding hydrogens is 394 g/mol. The van der Waals surface area contributed by atoms with Crippen LogP contribution in [0.3, 0.4) is 0 Å². The Morgan fingerprint density at radius 1 is 1.07 bits per heavy atom. The van der Waals surface area contributed by atoms with E-state index in [-0.39, 0.29) is 17.7 Å². The summed E-state index contributed by atoms with van der Waals surface area (Å²) < 4.78 is 0. The highest BCUT2D eigenvalue weighted by molar-refractivity contribution is 7.16. The molecule has 1 aromatic heterocycles. The molecule has 30 heavy (non-hydrogen) atoms. The summed E-state index contributed by atoms with van der Waals surface area (Å²) in [5, 5.41) is 3.69. The van der Waals surface area contributed by atoms with Crippen LogP contribution in [-0.4, -0.2) is 23.3 Å². The normalized spacial score (nSPS) is 19.4. The van der Waals surface area contributed by atoms with Crippen molar-refractivity contribution in [3.8, 4) is 11.3 Å². The molecule has 0 bridgehead atoms. The lowest BCUT2D eigenvalue weighted by atomic mass is 9.85. The number of aromatic nitrogens is 1. The molecule has 1 N–H and O–H groups in total. The molecule has 1 aromatic carbocycles. The molecule has 0 radical (unpaired) electrons. The van der Waals surface area contributed by atoms with Gasteiger partial charge in [-0.25, -0.2) is 4.98 Å². The largest absolute Gasteiger partial charge is 0.312 e. The third kappa shape index (κ3) is 3.66.